The van der Waals surface area contributed by atoms with Gasteiger partial charge in [-0.15, -0.1) is 23.7 Å². The average molecular weight is 373 g/mol. The topological polar surface area (TPSA) is 84.3 Å². The molecule has 2 aromatic heterocycles. The molecule has 9 heteroatoms. The van der Waals surface area contributed by atoms with E-state index >= 15 is 0 Å². The first-order chi connectivity index (χ1) is 11.0. The van der Waals surface area contributed by atoms with E-state index < -0.39 is 0 Å². The summed E-state index contributed by atoms with van der Waals surface area (Å²) in [5.74, 6) is 1.75. The zero-order valence-corrected chi connectivity index (χ0v) is 15.9. The number of likely N-dealkylation sites (tertiary alicyclic amines) is 1. The maximum atomic E-state index is 5.70. The van der Waals surface area contributed by atoms with Crippen LogP contribution in [0, 0.1) is 0 Å². The number of nitrogen functional groups attached to an aromatic ring is 1. The highest BCUT2D eigenvalue weighted by molar-refractivity contribution is 7.15. The predicted octanol–water partition coefficient (Wildman–Crippen LogP) is 2.36. The van der Waals surface area contributed by atoms with Crippen molar-refractivity contribution < 1.29 is 4.52 Å². The third-order valence-corrected chi connectivity index (χ3v) is 5.00. The Hall–Kier alpha value is -1.22. The molecule has 3 heterocycles. The minimum absolute atomic E-state index is 0. The van der Waals surface area contributed by atoms with Crippen LogP contribution < -0.4 is 5.73 Å². The Kier molecular flexibility index (Phi) is 6.56. The number of thiazole rings is 1. The van der Waals surface area contributed by atoms with Crippen LogP contribution in [-0.4, -0.2) is 51.1 Å². The van der Waals surface area contributed by atoms with Crippen molar-refractivity contribution in [1.82, 2.24) is 24.9 Å². The molecule has 0 aromatic carbocycles. The van der Waals surface area contributed by atoms with Crippen molar-refractivity contribution >= 4 is 28.9 Å². The normalized spacial score (nSPS) is 18.5. The quantitative estimate of drug-likeness (QED) is 0.833. The Balaban J connectivity index is 0.00000208. The zero-order chi connectivity index (χ0) is 16.4. The van der Waals surface area contributed by atoms with Gasteiger partial charge in [-0.3, -0.25) is 9.80 Å². The molecule has 0 radical (unpaired) electrons. The van der Waals surface area contributed by atoms with E-state index in [1.807, 2.05) is 6.20 Å². The summed E-state index contributed by atoms with van der Waals surface area (Å²) >= 11 is 1.57. The number of nitrogens with zero attached hydrogens (tertiary/aromatic N) is 5. The maximum absolute atomic E-state index is 5.70. The van der Waals surface area contributed by atoms with Crippen LogP contribution in [0.15, 0.2) is 10.7 Å². The molecule has 24 heavy (non-hydrogen) atoms. The summed E-state index contributed by atoms with van der Waals surface area (Å²) in [6, 6.07) is 0.515. The van der Waals surface area contributed by atoms with Gasteiger partial charge in [0.05, 0.1) is 6.54 Å². The highest BCUT2D eigenvalue weighted by Gasteiger charge is 2.27. The SMILES string of the molecule is CC(C)c1nc(CN(C)C2CCN(Cc3cnc(N)s3)C2)no1.Cl. The Morgan fingerprint density at radius 2 is 2.29 bits per heavy atom. The first-order valence-corrected chi connectivity index (χ1v) is 8.78. The van der Waals surface area contributed by atoms with Gasteiger partial charge < -0.3 is 10.3 Å². The predicted molar refractivity (Wildman–Crippen MR) is 97.3 cm³/mol. The summed E-state index contributed by atoms with van der Waals surface area (Å²) in [6.07, 6.45) is 3.03. The molecule has 1 atom stereocenters. The lowest BCUT2D eigenvalue weighted by molar-refractivity contribution is 0.216. The second kappa shape index (κ2) is 8.24. The number of hydrogen-bond donors (Lipinski definition) is 1. The van der Waals surface area contributed by atoms with E-state index in [9.17, 15) is 0 Å². The van der Waals surface area contributed by atoms with Gasteiger partial charge in [0.15, 0.2) is 11.0 Å². The Bertz CT molecular complexity index is 645. The van der Waals surface area contributed by atoms with E-state index in [1.165, 1.54) is 4.88 Å². The summed E-state index contributed by atoms with van der Waals surface area (Å²) in [5.41, 5.74) is 5.70. The molecular formula is C15H25ClN6OS. The summed E-state index contributed by atoms with van der Waals surface area (Å²) in [4.78, 5) is 14.6. The lowest BCUT2D eigenvalue weighted by Crippen LogP contribution is -2.34. The summed E-state index contributed by atoms with van der Waals surface area (Å²) in [5, 5.41) is 4.72. The fourth-order valence-electron chi connectivity index (χ4n) is 2.85. The number of anilines is 1. The van der Waals surface area contributed by atoms with Crippen molar-refractivity contribution in [3.05, 3.63) is 22.8 Å². The van der Waals surface area contributed by atoms with Crippen LogP contribution >= 0.6 is 23.7 Å². The number of nitrogens with two attached hydrogens (primary N) is 1. The smallest absolute Gasteiger partial charge is 0.229 e. The van der Waals surface area contributed by atoms with E-state index in [1.54, 1.807) is 11.3 Å². The molecule has 1 aliphatic heterocycles. The molecule has 1 fully saturated rings. The van der Waals surface area contributed by atoms with Gasteiger partial charge in [-0.1, -0.05) is 19.0 Å². The van der Waals surface area contributed by atoms with Crippen molar-refractivity contribution in [1.29, 1.82) is 0 Å². The van der Waals surface area contributed by atoms with Gasteiger partial charge in [0.1, 0.15) is 0 Å². The van der Waals surface area contributed by atoms with E-state index in [2.05, 4.69) is 45.8 Å². The molecule has 134 valence electrons. The maximum Gasteiger partial charge on any atom is 0.229 e. The Morgan fingerprint density at radius 1 is 1.50 bits per heavy atom. The van der Waals surface area contributed by atoms with Crippen molar-refractivity contribution in [2.45, 2.75) is 45.3 Å². The summed E-state index contributed by atoms with van der Waals surface area (Å²) in [6.45, 7) is 7.91. The molecule has 0 aliphatic carbocycles. The van der Waals surface area contributed by atoms with Gasteiger partial charge in [0.2, 0.25) is 5.89 Å². The van der Waals surface area contributed by atoms with Crippen LogP contribution in [0.3, 0.4) is 0 Å². The van der Waals surface area contributed by atoms with Crippen LogP contribution in [0.5, 0.6) is 0 Å². The first kappa shape index (κ1) is 19.1. The molecule has 1 aliphatic rings. The highest BCUT2D eigenvalue weighted by Crippen LogP contribution is 2.22. The molecule has 0 amide bonds. The van der Waals surface area contributed by atoms with Crippen LogP contribution in [0.25, 0.3) is 0 Å². The Morgan fingerprint density at radius 3 is 2.92 bits per heavy atom. The van der Waals surface area contributed by atoms with Gasteiger partial charge in [-0.25, -0.2) is 4.98 Å². The van der Waals surface area contributed by atoms with E-state index in [0.29, 0.717) is 17.1 Å². The second-order valence-electron chi connectivity index (χ2n) is 6.46. The third-order valence-electron chi connectivity index (χ3n) is 4.19. The number of aromatic nitrogens is 3. The average Bonchev–Trinajstić information content (AvgIpc) is 3.20. The number of halogens is 1. The minimum atomic E-state index is 0. The summed E-state index contributed by atoms with van der Waals surface area (Å²) < 4.78 is 5.28. The van der Waals surface area contributed by atoms with Gasteiger partial charge in [-0.2, -0.15) is 4.98 Å². The van der Waals surface area contributed by atoms with Gasteiger partial charge in [0, 0.05) is 42.7 Å². The van der Waals surface area contributed by atoms with Crippen LogP contribution in [0.1, 0.15) is 42.8 Å². The van der Waals surface area contributed by atoms with Gasteiger partial charge in [-0.05, 0) is 13.5 Å². The molecule has 1 unspecified atom stereocenters. The van der Waals surface area contributed by atoms with Gasteiger partial charge >= 0.3 is 0 Å². The zero-order valence-electron chi connectivity index (χ0n) is 14.3. The molecule has 2 N–H and O–H groups in total. The van der Waals surface area contributed by atoms with Crippen molar-refractivity contribution in [3.8, 4) is 0 Å². The molecule has 3 rings (SSSR count). The molecular weight excluding hydrogens is 348 g/mol. The van der Waals surface area contributed by atoms with Crippen molar-refractivity contribution in [2.75, 3.05) is 25.9 Å². The van der Waals surface area contributed by atoms with E-state index in [-0.39, 0.29) is 18.3 Å². The van der Waals surface area contributed by atoms with Gasteiger partial charge in [0.25, 0.3) is 0 Å². The molecule has 0 spiro atoms. The first-order valence-electron chi connectivity index (χ1n) is 7.96. The molecule has 1 saturated heterocycles. The lowest BCUT2D eigenvalue weighted by atomic mass is 10.2. The number of rotatable bonds is 6. The standard InChI is InChI=1S/C15H24N6OS.ClH/c1-10(2)14-18-13(19-22-14)9-20(3)11-4-5-21(7-11)8-12-6-17-15(16)23-12;/h6,10-11H,4-5,7-9H2,1-3H3,(H2,16,17);1H. The number of hydrogen-bond acceptors (Lipinski definition) is 8. The lowest BCUT2D eigenvalue weighted by Gasteiger charge is -2.23. The largest absolute Gasteiger partial charge is 0.375 e. The van der Waals surface area contributed by atoms with Crippen molar-refractivity contribution in [3.63, 3.8) is 0 Å². The third kappa shape index (κ3) is 4.66. The van der Waals surface area contributed by atoms with Crippen LogP contribution in [-0.2, 0) is 13.1 Å². The fourth-order valence-corrected chi connectivity index (χ4v) is 3.58. The van der Waals surface area contributed by atoms with Crippen LogP contribution in [0.4, 0.5) is 5.13 Å². The molecule has 7 nitrogen and oxygen atoms in total. The molecule has 2 aromatic rings. The number of likely N-dealkylation sites (N-methyl/N-ethyl adjacent to an activating group) is 1. The van der Waals surface area contributed by atoms with E-state index in [4.69, 9.17) is 10.3 Å². The monoisotopic (exact) mass is 372 g/mol. The minimum Gasteiger partial charge on any atom is -0.375 e. The van der Waals surface area contributed by atoms with Crippen molar-refractivity contribution in [2.24, 2.45) is 0 Å². The molecule has 0 saturated carbocycles. The Labute approximate surface area is 152 Å². The second-order valence-corrected chi connectivity index (χ2v) is 7.61. The van der Waals surface area contributed by atoms with Crippen LogP contribution in [0.2, 0.25) is 0 Å². The molecule has 0 bridgehead atoms. The van der Waals surface area contributed by atoms with E-state index in [0.717, 1.165) is 38.4 Å². The fraction of sp³-hybridized carbons (Fsp3) is 0.667. The highest BCUT2D eigenvalue weighted by atomic mass is 35.5. The summed E-state index contributed by atoms with van der Waals surface area (Å²) in [7, 11) is 2.13.